The van der Waals surface area contributed by atoms with Crippen LogP contribution in [-0.4, -0.2) is 24.1 Å². The molecule has 0 saturated carbocycles. The average Bonchev–Trinajstić information content (AvgIpc) is 3.05. The minimum absolute atomic E-state index is 0.0299. The van der Waals surface area contributed by atoms with Gasteiger partial charge in [-0.15, -0.1) is 11.3 Å². The number of nitrogens with zero attached hydrogens (tertiary/aromatic N) is 2. The zero-order valence-corrected chi connectivity index (χ0v) is 12.0. The van der Waals surface area contributed by atoms with Crippen molar-refractivity contribution < 1.29 is 4.79 Å². The third-order valence-electron chi connectivity index (χ3n) is 3.12. The van der Waals surface area contributed by atoms with E-state index in [0.717, 1.165) is 22.1 Å². The van der Waals surface area contributed by atoms with Crippen LogP contribution in [0.2, 0.25) is 0 Å². The first-order chi connectivity index (χ1) is 9.72. The number of nitrogens with one attached hydrogen (secondary N) is 2. The Kier molecular flexibility index (Phi) is 3.56. The van der Waals surface area contributed by atoms with Crippen LogP contribution in [0.5, 0.6) is 0 Å². The van der Waals surface area contributed by atoms with Crippen molar-refractivity contribution >= 4 is 28.7 Å². The van der Waals surface area contributed by atoms with Crippen molar-refractivity contribution in [2.24, 2.45) is 0 Å². The Hall–Kier alpha value is -2.08. The molecule has 1 aliphatic heterocycles. The van der Waals surface area contributed by atoms with Crippen molar-refractivity contribution in [2.45, 2.75) is 13.5 Å². The molecule has 2 heterocycles. The van der Waals surface area contributed by atoms with Gasteiger partial charge in [0.15, 0.2) is 0 Å². The highest BCUT2D eigenvalue weighted by Crippen LogP contribution is 2.21. The van der Waals surface area contributed by atoms with Crippen molar-refractivity contribution in [1.29, 1.82) is 0 Å². The van der Waals surface area contributed by atoms with E-state index < -0.39 is 0 Å². The summed E-state index contributed by atoms with van der Waals surface area (Å²) in [5.74, 6) is 0. The molecule has 0 bridgehead atoms. The number of anilines is 2. The van der Waals surface area contributed by atoms with Crippen LogP contribution in [-0.2, 0) is 6.54 Å². The normalized spacial score (nSPS) is 14.4. The summed E-state index contributed by atoms with van der Waals surface area (Å²) in [6.07, 6.45) is 0. The molecule has 2 aromatic rings. The quantitative estimate of drug-likeness (QED) is 0.909. The number of urea groups is 1. The van der Waals surface area contributed by atoms with Gasteiger partial charge >= 0.3 is 6.03 Å². The maximum absolute atomic E-state index is 11.7. The minimum Gasteiger partial charge on any atom is -0.378 e. The Balaban J connectivity index is 1.69. The molecule has 5 nitrogen and oxygen atoms in total. The predicted octanol–water partition coefficient (Wildman–Crippen LogP) is 2.59. The number of thiazole rings is 1. The van der Waals surface area contributed by atoms with Gasteiger partial charge in [-0.25, -0.2) is 9.78 Å². The van der Waals surface area contributed by atoms with Crippen molar-refractivity contribution in [2.75, 3.05) is 23.3 Å². The Morgan fingerprint density at radius 3 is 3.10 bits per heavy atom. The second-order valence-electron chi connectivity index (χ2n) is 4.67. The fraction of sp³-hybridized carbons (Fsp3) is 0.286. The number of rotatable bonds is 4. The molecule has 0 unspecified atom stereocenters. The highest BCUT2D eigenvalue weighted by atomic mass is 32.1. The summed E-state index contributed by atoms with van der Waals surface area (Å²) in [6, 6.07) is 7.86. The lowest BCUT2D eigenvalue weighted by Crippen LogP contribution is -2.27. The summed E-state index contributed by atoms with van der Waals surface area (Å²) in [4.78, 5) is 17.8. The Labute approximate surface area is 121 Å². The first-order valence-corrected chi connectivity index (χ1v) is 7.40. The maximum Gasteiger partial charge on any atom is 0.321 e. The van der Waals surface area contributed by atoms with Crippen LogP contribution in [0.15, 0.2) is 29.6 Å². The van der Waals surface area contributed by atoms with Crippen LogP contribution in [0.3, 0.4) is 0 Å². The molecule has 6 heteroatoms. The first kappa shape index (κ1) is 12.9. The van der Waals surface area contributed by atoms with Gasteiger partial charge in [0, 0.05) is 35.5 Å². The zero-order chi connectivity index (χ0) is 13.9. The molecular formula is C14H16N4OS. The largest absolute Gasteiger partial charge is 0.378 e. The van der Waals surface area contributed by atoms with Crippen LogP contribution in [0.1, 0.15) is 10.7 Å². The SMILES string of the molecule is Cc1csc(CNc2cccc(N3CCNC3=O)c2)n1. The molecule has 3 rings (SSSR count). The molecule has 0 radical (unpaired) electrons. The third kappa shape index (κ3) is 2.75. The van der Waals surface area contributed by atoms with Gasteiger partial charge in [-0.2, -0.15) is 0 Å². The molecule has 2 amide bonds. The molecule has 0 atom stereocenters. The molecule has 1 saturated heterocycles. The lowest BCUT2D eigenvalue weighted by molar-refractivity contribution is 0.252. The summed E-state index contributed by atoms with van der Waals surface area (Å²) in [6.45, 7) is 4.11. The van der Waals surface area contributed by atoms with E-state index in [0.29, 0.717) is 19.6 Å². The van der Waals surface area contributed by atoms with E-state index >= 15 is 0 Å². The number of carbonyl (C=O) groups is 1. The van der Waals surface area contributed by atoms with Gasteiger partial charge in [0.2, 0.25) is 0 Å². The van der Waals surface area contributed by atoms with E-state index in [1.807, 2.05) is 36.6 Å². The summed E-state index contributed by atoms with van der Waals surface area (Å²) < 4.78 is 0. The smallest absolute Gasteiger partial charge is 0.321 e. The van der Waals surface area contributed by atoms with E-state index in [4.69, 9.17) is 0 Å². The number of carbonyl (C=O) groups excluding carboxylic acids is 1. The van der Waals surface area contributed by atoms with Crippen molar-refractivity contribution in [3.05, 3.63) is 40.3 Å². The molecular weight excluding hydrogens is 272 g/mol. The van der Waals surface area contributed by atoms with Crippen LogP contribution in [0.25, 0.3) is 0 Å². The van der Waals surface area contributed by atoms with E-state index in [2.05, 4.69) is 15.6 Å². The van der Waals surface area contributed by atoms with Crippen molar-refractivity contribution in [1.82, 2.24) is 10.3 Å². The molecule has 1 aliphatic rings. The van der Waals surface area contributed by atoms with Crippen LogP contribution in [0, 0.1) is 6.92 Å². The zero-order valence-electron chi connectivity index (χ0n) is 11.2. The molecule has 0 spiro atoms. The number of benzene rings is 1. The van der Waals surface area contributed by atoms with E-state index in [9.17, 15) is 4.79 Å². The molecule has 1 aromatic carbocycles. The number of aromatic nitrogens is 1. The molecule has 1 aromatic heterocycles. The van der Waals surface area contributed by atoms with Crippen LogP contribution < -0.4 is 15.5 Å². The second-order valence-corrected chi connectivity index (χ2v) is 5.61. The number of hydrogen-bond donors (Lipinski definition) is 2. The van der Waals surface area contributed by atoms with Gasteiger partial charge in [-0.1, -0.05) is 6.07 Å². The van der Waals surface area contributed by atoms with Gasteiger partial charge in [-0.3, -0.25) is 4.90 Å². The van der Waals surface area contributed by atoms with Crippen molar-refractivity contribution in [3.8, 4) is 0 Å². The molecule has 104 valence electrons. The summed E-state index contributed by atoms with van der Waals surface area (Å²) >= 11 is 1.65. The summed E-state index contributed by atoms with van der Waals surface area (Å²) in [5.41, 5.74) is 2.96. The topological polar surface area (TPSA) is 57.3 Å². The monoisotopic (exact) mass is 288 g/mol. The lowest BCUT2D eigenvalue weighted by atomic mass is 10.2. The van der Waals surface area contributed by atoms with Crippen LogP contribution in [0.4, 0.5) is 16.2 Å². The minimum atomic E-state index is -0.0299. The number of amides is 2. The highest BCUT2D eigenvalue weighted by Gasteiger charge is 2.20. The van der Waals surface area contributed by atoms with Gasteiger partial charge in [0.1, 0.15) is 5.01 Å². The Bertz CT molecular complexity index is 625. The number of aryl methyl sites for hydroxylation is 1. The van der Waals surface area contributed by atoms with Crippen LogP contribution >= 0.6 is 11.3 Å². The fourth-order valence-corrected chi connectivity index (χ4v) is 2.87. The van der Waals surface area contributed by atoms with Gasteiger partial charge in [0.25, 0.3) is 0 Å². The number of hydrogen-bond acceptors (Lipinski definition) is 4. The van der Waals surface area contributed by atoms with Gasteiger partial charge in [0.05, 0.1) is 6.54 Å². The highest BCUT2D eigenvalue weighted by molar-refractivity contribution is 7.09. The summed E-state index contributed by atoms with van der Waals surface area (Å²) in [7, 11) is 0. The standard InChI is InChI=1S/C14H16N4OS/c1-10-9-20-13(17-10)8-16-11-3-2-4-12(7-11)18-6-5-15-14(18)19/h2-4,7,9,16H,5-6,8H2,1H3,(H,15,19). The molecule has 1 fully saturated rings. The van der Waals surface area contributed by atoms with E-state index in [1.54, 1.807) is 16.2 Å². The second kappa shape index (κ2) is 5.50. The fourth-order valence-electron chi connectivity index (χ4n) is 2.16. The van der Waals surface area contributed by atoms with Gasteiger partial charge in [-0.05, 0) is 25.1 Å². The average molecular weight is 288 g/mol. The Morgan fingerprint density at radius 1 is 1.50 bits per heavy atom. The van der Waals surface area contributed by atoms with Crippen molar-refractivity contribution in [3.63, 3.8) is 0 Å². The van der Waals surface area contributed by atoms with E-state index in [1.165, 1.54) is 0 Å². The Morgan fingerprint density at radius 2 is 2.40 bits per heavy atom. The third-order valence-corrected chi connectivity index (χ3v) is 4.09. The molecule has 0 aliphatic carbocycles. The van der Waals surface area contributed by atoms with Gasteiger partial charge < -0.3 is 10.6 Å². The maximum atomic E-state index is 11.7. The van der Waals surface area contributed by atoms with E-state index in [-0.39, 0.29) is 6.03 Å². The molecule has 20 heavy (non-hydrogen) atoms. The predicted molar refractivity (Wildman–Crippen MR) is 81.4 cm³/mol. The summed E-state index contributed by atoms with van der Waals surface area (Å²) in [5, 5.41) is 9.25. The molecule has 2 N–H and O–H groups in total. The first-order valence-electron chi connectivity index (χ1n) is 6.53. The lowest BCUT2D eigenvalue weighted by Gasteiger charge is -2.15.